The van der Waals surface area contributed by atoms with Crippen molar-refractivity contribution in [3.63, 3.8) is 0 Å². The lowest BCUT2D eigenvalue weighted by Gasteiger charge is -2.18. The number of nitrogens with one attached hydrogen (secondary N) is 1. The molecular weight excluding hydrogens is 406 g/mol. The fourth-order valence-electron chi connectivity index (χ4n) is 3.56. The summed E-state index contributed by atoms with van der Waals surface area (Å²) in [6.07, 6.45) is -1.13. The molecule has 0 aliphatic carbocycles. The Hall–Kier alpha value is -4.29. The van der Waals surface area contributed by atoms with E-state index in [9.17, 15) is 25.2 Å². The van der Waals surface area contributed by atoms with Crippen LogP contribution < -0.4 is 5.32 Å². The van der Waals surface area contributed by atoms with Crippen LogP contribution in [0, 0.1) is 0 Å². The van der Waals surface area contributed by atoms with Gasteiger partial charge in [0.2, 0.25) is 0 Å². The highest BCUT2D eigenvalue weighted by Crippen LogP contribution is 2.37. The molecule has 5 N–H and O–H groups in total. The molecule has 160 valence electrons. The van der Waals surface area contributed by atoms with Crippen molar-refractivity contribution in [1.82, 2.24) is 0 Å². The monoisotopic (exact) mass is 427 g/mol. The second-order valence-electron chi connectivity index (χ2n) is 7.28. The van der Waals surface area contributed by atoms with Gasteiger partial charge in [-0.1, -0.05) is 48.5 Å². The van der Waals surface area contributed by atoms with Crippen LogP contribution in [-0.2, 0) is 0 Å². The van der Waals surface area contributed by atoms with E-state index in [2.05, 4.69) is 5.32 Å². The number of amides is 1. The topological polar surface area (TPSA) is 110 Å². The summed E-state index contributed by atoms with van der Waals surface area (Å²) in [4.78, 5) is 12.5. The number of benzene rings is 4. The van der Waals surface area contributed by atoms with E-state index < -0.39 is 12.0 Å². The maximum atomic E-state index is 12.5. The minimum absolute atomic E-state index is 0.0976. The fraction of sp³-hybridized carbons (Fsp3) is 0.0385. The van der Waals surface area contributed by atoms with Crippen LogP contribution in [0.2, 0.25) is 0 Å². The lowest BCUT2D eigenvalue weighted by Crippen LogP contribution is -2.12. The zero-order chi connectivity index (χ0) is 22.7. The van der Waals surface area contributed by atoms with E-state index in [1.54, 1.807) is 42.5 Å². The average molecular weight is 427 g/mol. The van der Waals surface area contributed by atoms with E-state index in [-0.39, 0.29) is 28.4 Å². The summed E-state index contributed by atoms with van der Waals surface area (Å²) in [6, 6.07) is 24.6. The van der Waals surface area contributed by atoms with Gasteiger partial charge in [-0.3, -0.25) is 4.79 Å². The summed E-state index contributed by atoms with van der Waals surface area (Å²) in [6.45, 7) is 0. The number of aromatic hydroxyl groups is 3. The van der Waals surface area contributed by atoms with Gasteiger partial charge < -0.3 is 25.7 Å². The number of hydrogen-bond acceptors (Lipinski definition) is 5. The third-order valence-electron chi connectivity index (χ3n) is 5.14. The first-order valence-corrected chi connectivity index (χ1v) is 9.92. The third-order valence-corrected chi connectivity index (χ3v) is 5.14. The van der Waals surface area contributed by atoms with E-state index in [0.717, 1.165) is 5.56 Å². The minimum atomic E-state index is -1.13. The van der Waals surface area contributed by atoms with Gasteiger partial charge in [0.25, 0.3) is 5.91 Å². The normalized spacial score (nSPS) is 11.7. The van der Waals surface area contributed by atoms with Gasteiger partial charge in [-0.2, -0.15) is 0 Å². The minimum Gasteiger partial charge on any atom is -0.508 e. The predicted molar refractivity (Wildman–Crippen MR) is 122 cm³/mol. The smallest absolute Gasteiger partial charge is 0.259 e. The molecule has 0 radical (unpaired) electrons. The Bertz CT molecular complexity index is 1280. The van der Waals surface area contributed by atoms with Crippen LogP contribution in [0.4, 0.5) is 5.69 Å². The van der Waals surface area contributed by atoms with Gasteiger partial charge in [-0.05, 0) is 53.1 Å². The van der Waals surface area contributed by atoms with Crippen molar-refractivity contribution in [2.45, 2.75) is 6.10 Å². The predicted octanol–water partition coefficient (Wildman–Crippen LogP) is 4.80. The van der Waals surface area contributed by atoms with Crippen LogP contribution >= 0.6 is 0 Å². The summed E-state index contributed by atoms with van der Waals surface area (Å²) in [5, 5.41) is 43.4. The second-order valence-corrected chi connectivity index (χ2v) is 7.28. The largest absolute Gasteiger partial charge is 0.508 e. The van der Waals surface area contributed by atoms with Gasteiger partial charge in [0.1, 0.15) is 23.4 Å². The fourth-order valence-corrected chi connectivity index (χ4v) is 3.56. The highest BCUT2D eigenvalue weighted by atomic mass is 16.3. The molecule has 0 saturated heterocycles. The molecule has 1 atom stereocenters. The molecule has 4 rings (SSSR count). The molecule has 0 saturated carbocycles. The van der Waals surface area contributed by atoms with Crippen LogP contribution in [-0.4, -0.2) is 26.3 Å². The standard InChI is InChI=1S/C26H21NO5/c28-18-12-13-21(24(30)15-18)25(31)20-9-2-1-8-19(20)16-6-5-7-17(14-16)27-26(32)22-10-3-4-11-23(22)29/h1-15,25,28-31H,(H,27,32)/t25-/m1/s1. The van der Waals surface area contributed by atoms with Crippen molar-refractivity contribution in [2.24, 2.45) is 0 Å². The summed E-state index contributed by atoms with van der Waals surface area (Å²) in [5.74, 6) is -0.860. The Morgan fingerprint density at radius 2 is 1.47 bits per heavy atom. The van der Waals surface area contributed by atoms with Crippen LogP contribution in [0.15, 0.2) is 91.0 Å². The number of carbonyl (C=O) groups is 1. The van der Waals surface area contributed by atoms with E-state index in [1.165, 1.54) is 30.3 Å². The number of para-hydroxylation sites is 1. The first kappa shape index (κ1) is 21.0. The van der Waals surface area contributed by atoms with Gasteiger partial charge in [-0.25, -0.2) is 0 Å². The van der Waals surface area contributed by atoms with Crippen LogP contribution in [0.5, 0.6) is 17.2 Å². The molecule has 0 aliphatic heterocycles. The van der Waals surface area contributed by atoms with Gasteiger partial charge >= 0.3 is 0 Å². The lowest BCUT2D eigenvalue weighted by molar-refractivity contribution is 0.102. The Kier molecular flexibility index (Phi) is 5.79. The average Bonchev–Trinajstić information content (AvgIpc) is 2.79. The van der Waals surface area contributed by atoms with Crippen LogP contribution in [0.1, 0.15) is 27.6 Å². The molecule has 4 aromatic carbocycles. The van der Waals surface area contributed by atoms with Crippen molar-refractivity contribution in [3.8, 4) is 28.4 Å². The lowest BCUT2D eigenvalue weighted by atomic mass is 9.92. The van der Waals surface area contributed by atoms with Crippen molar-refractivity contribution in [3.05, 3.63) is 108 Å². The summed E-state index contributed by atoms with van der Waals surface area (Å²) >= 11 is 0. The zero-order valence-electron chi connectivity index (χ0n) is 16.9. The number of anilines is 1. The molecule has 0 aliphatic rings. The first-order chi connectivity index (χ1) is 15.4. The van der Waals surface area contributed by atoms with Crippen molar-refractivity contribution in [1.29, 1.82) is 0 Å². The van der Waals surface area contributed by atoms with Gasteiger partial charge in [0, 0.05) is 17.3 Å². The van der Waals surface area contributed by atoms with Crippen molar-refractivity contribution in [2.75, 3.05) is 5.32 Å². The number of carbonyl (C=O) groups excluding carboxylic acids is 1. The molecule has 6 nitrogen and oxygen atoms in total. The number of aliphatic hydroxyl groups is 1. The zero-order valence-corrected chi connectivity index (χ0v) is 16.9. The van der Waals surface area contributed by atoms with Gasteiger partial charge in [0.05, 0.1) is 5.56 Å². The molecule has 1 amide bonds. The van der Waals surface area contributed by atoms with E-state index in [4.69, 9.17) is 0 Å². The summed E-state index contributed by atoms with van der Waals surface area (Å²) in [7, 11) is 0. The molecule has 4 aromatic rings. The van der Waals surface area contributed by atoms with E-state index in [0.29, 0.717) is 16.8 Å². The number of phenolic OH excluding ortho intramolecular Hbond substituents is 3. The molecule has 0 unspecified atom stereocenters. The first-order valence-electron chi connectivity index (χ1n) is 9.92. The van der Waals surface area contributed by atoms with Crippen LogP contribution in [0.25, 0.3) is 11.1 Å². The Morgan fingerprint density at radius 1 is 0.719 bits per heavy atom. The quantitative estimate of drug-likeness (QED) is 0.314. The molecule has 0 heterocycles. The molecule has 6 heteroatoms. The maximum absolute atomic E-state index is 12.5. The SMILES string of the molecule is O=C(Nc1cccc(-c2ccccc2[C@@H](O)c2ccc(O)cc2O)c1)c1ccccc1O. The Labute approximate surface area is 184 Å². The third kappa shape index (κ3) is 4.26. The summed E-state index contributed by atoms with van der Waals surface area (Å²) in [5.41, 5.74) is 2.96. The molecular formula is C26H21NO5. The Morgan fingerprint density at radius 3 is 2.25 bits per heavy atom. The number of phenols is 3. The molecule has 32 heavy (non-hydrogen) atoms. The van der Waals surface area contributed by atoms with E-state index >= 15 is 0 Å². The van der Waals surface area contributed by atoms with Gasteiger partial charge in [0.15, 0.2) is 0 Å². The highest BCUT2D eigenvalue weighted by Gasteiger charge is 2.19. The number of aliphatic hydroxyl groups excluding tert-OH is 1. The Balaban J connectivity index is 1.67. The second kappa shape index (κ2) is 8.83. The van der Waals surface area contributed by atoms with Crippen molar-refractivity contribution < 1.29 is 25.2 Å². The molecule has 0 fully saturated rings. The molecule has 0 bridgehead atoms. The molecule has 0 spiro atoms. The molecule has 0 aromatic heterocycles. The van der Waals surface area contributed by atoms with Crippen molar-refractivity contribution >= 4 is 11.6 Å². The number of rotatable bonds is 5. The number of hydrogen-bond donors (Lipinski definition) is 5. The highest BCUT2D eigenvalue weighted by molar-refractivity contribution is 6.06. The maximum Gasteiger partial charge on any atom is 0.259 e. The van der Waals surface area contributed by atoms with Crippen LogP contribution in [0.3, 0.4) is 0 Å². The van der Waals surface area contributed by atoms with Gasteiger partial charge in [-0.15, -0.1) is 0 Å². The van der Waals surface area contributed by atoms with E-state index in [1.807, 2.05) is 18.2 Å². The summed E-state index contributed by atoms with van der Waals surface area (Å²) < 4.78 is 0.